The second kappa shape index (κ2) is 8.55. The first-order valence-electron chi connectivity index (χ1n) is 10.0. The Balaban J connectivity index is 1.56. The highest BCUT2D eigenvalue weighted by Gasteiger charge is 2.38. The van der Waals surface area contributed by atoms with Crippen LogP contribution in [0, 0.1) is 0 Å². The van der Waals surface area contributed by atoms with Crippen LogP contribution in [0.4, 0.5) is 5.95 Å². The maximum absolute atomic E-state index is 6.61. The third-order valence-corrected chi connectivity index (χ3v) is 6.23. The van der Waals surface area contributed by atoms with E-state index >= 15 is 0 Å². The van der Waals surface area contributed by atoms with Gasteiger partial charge in [-0.25, -0.2) is 9.97 Å². The summed E-state index contributed by atoms with van der Waals surface area (Å²) >= 11 is 6.61. The smallest absolute Gasteiger partial charge is 0.222 e. The van der Waals surface area contributed by atoms with E-state index in [2.05, 4.69) is 38.7 Å². The lowest BCUT2D eigenvalue weighted by atomic mass is 9.70. The van der Waals surface area contributed by atoms with Gasteiger partial charge in [-0.15, -0.1) is 0 Å². The van der Waals surface area contributed by atoms with Crippen LogP contribution in [-0.2, 0) is 5.41 Å². The van der Waals surface area contributed by atoms with Crippen LogP contribution in [0.25, 0.3) is 0 Å². The summed E-state index contributed by atoms with van der Waals surface area (Å²) in [7, 11) is 0. The zero-order valence-electron chi connectivity index (χ0n) is 15.8. The number of halogens is 1. The molecule has 0 aliphatic carbocycles. The summed E-state index contributed by atoms with van der Waals surface area (Å²) in [5, 5.41) is 7.71. The molecule has 5 nitrogen and oxygen atoms in total. The van der Waals surface area contributed by atoms with E-state index in [0.717, 1.165) is 55.7 Å². The van der Waals surface area contributed by atoms with E-state index in [1.165, 1.54) is 31.5 Å². The van der Waals surface area contributed by atoms with E-state index in [1.54, 1.807) is 0 Å². The van der Waals surface area contributed by atoms with E-state index in [1.807, 2.05) is 18.3 Å². The summed E-state index contributed by atoms with van der Waals surface area (Å²) in [4.78, 5) is 11.9. The largest absolute Gasteiger partial charge is 0.353 e. The van der Waals surface area contributed by atoms with Crippen LogP contribution in [0.5, 0.6) is 0 Å². The van der Waals surface area contributed by atoms with Crippen molar-refractivity contribution in [2.24, 2.45) is 0 Å². The van der Waals surface area contributed by atoms with Crippen molar-refractivity contribution in [2.45, 2.75) is 31.1 Å². The van der Waals surface area contributed by atoms with Crippen molar-refractivity contribution >= 4 is 17.5 Å². The first-order valence-corrected chi connectivity index (χ1v) is 10.4. The van der Waals surface area contributed by atoms with Gasteiger partial charge >= 0.3 is 0 Å². The number of rotatable bonds is 6. The summed E-state index contributed by atoms with van der Waals surface area (Å²) < 4.78 is 0. The van der Waals surface area contributed by atoms with Gasteiger partial charge in [-0.05, 0) is 69.6 Å². The minimum Gasteiger partial charge on any atom is -0.353 e. The number of benzene rings is 1. The average molecular weight is 386 g/mol. The van der Waals surface area contributed by atoms with Gasteiger partial charge < -0.3 is 15.5 Å². The number of piperidine rings is 1. The minimum atomic E-state index is -0.155. The lowest BCUT2D eigenvalue weighted by Crippen LogP contribution is -2.41. The molecule has 1 aromatic heterocycles. The van der Waals surface area contributed by atoms with Crippen molar-refractivity contribution in [1.82, 2.24) is 20.2 Å². The third kappa shape index (κ3) is 4.10. The molecule has 6 heteroatoms. The fraction of sp³-hybridized carbons (Fsp3) is 0.524. The van der Waals surface area contributed by atoms with Crippen LogP contribution in [0.15, 0.2) is 36.5 Å². The Bertz CT molecular complexity index is 754. The number of anilines is 1. The predicted molar refractivity (Wildman–Crippen MR) is 111 cm³/mol. The monoisotopic (exact) mass is 385 g/mol. The summed E-state index contributed by atoms with van der Waals surface area (Å²) in [5.74, 6) is 0.719. The highest BCUT2D eigenvalue weighted by atomic mass is 35.5. The molecular weight excluding hydrogens is 358 g/mol. The number of likely N-dealkylation sites (tertiary alicyclic amines) is 1. The molecule has 0 radical (unpaired) electrons. The molecule has 1 aromatic carbocycles. The number of aromatic nitrogens is 2. The third-order valence-electron chi connectivity index (χ3n) is 5.90. The lowest BCUT2D eigenvalue weighted by molar-refractivity contribution is 0.351. The number of nitrogens with zero attached hydrogens (tertiary/aromatic N) is 3. The SMILES string of the molecule is Clc1ccccc1C1(c2ccnc(NCCN3CCCC3)n2)CCNCC1. The van der Waals surface area contributed by atoms with Crippen molar-refractivity contribution in [1.29, 1.82) is 0 Å². The molecule has 3 heterocycles. The molecule has 144 valence electrons. The van der Waals surface area contributed by atoms with Crippen molar-refractivity contribution in [3.8, 4) is 0 Å². The molecule has 0 atom stereocenters. The zero-order chi connectivity index (χ0) is 18.5. The van der Waals surface area contributed by atoms with E-state index in [0.29, 0.717) is 0 Å². The fourth-order valence-electron chi connectivity index (χ4n) is 4.41. The number of nitrogens with one attached hydrogen (secondary N) is 2. The molecule has 2 aromatic rings. The summed E-state index contributed by atoms with van der Waals surface area (Å²) in [5.41, 5.74) is 2.09. The molecule has 27 heavy (non-hydrogen) atoms. The molecule has 4 rings (SSSR count). The van der Waals surface area contributed by atoms with Gasteiger partial charge in [-0.1, -0.05) is 29.8 Å². The Labute approximate surface area is 166 Å². The van der Waals surface area contributed by atoms with Crippen LogP contribution in [0.3, 0.4) is 0 Å². The second-order valence-corrected chi connectivity index (χ2v) is 7.96. The Morgan fingerprint density at radius 1 is 1.11 bits per heavy atom. The average Bonchev–Trinajstić information content (AvgIpc) is 3.23. The lowest BCUT2D eigenvalue weighted by Gasteiger charge is -2.38. The van der Waals surface area contributed by atoms with Crippen molar-refractivity contribution in [3.63, 3.8) is 0 Å². The van der Waals surface area contributed by atoms with Gasteiger partial charge in [0.2, 0.25) is 5.95 Å². The topological polar surface area (TPSA) is 53.1 Å². The first kappa shape index (κ1) is 18.7. The Morgan fingerprint density at radius 3 is 2.67 bits per heavy atom. The van der Waals surface area contributed by atoms with Crippen molar-refractivity contribution in [2.75, 3.05) is 44.6 Å². The zero-order valence-corrected chi connectivity index (χ0v) is 16.5. The van der Waals surface area contributed by atoms with Crippen LogP contribution in [0.1, 0.15) is 36.9 Å². The Morgan fingerprint density at radius 2 is 1.89 bits per heavy atom. The fourth-order valence-corrected chi connectivity index (χ4v) is 4.73. The molecule has 0 unspecified atom stereocenters. The minimum absolute atomic E-state index is 0.155. The van der Waals surface area contributed by atoms with E-state index in [9.17, 15) is 0 Å². The van der Waals surface area contributed by atoms with Crippen LogP contribution in [0.2, 0.25) is 5.02 Å². The number of hydrogen-bond donors (Lipinski definition) is 2. The Hall–Kier alpha value is -1.69. The molecule has 2 fully saturated rings. The van der Waals surface area contributed by atoms with Crippen LogP contribution in [-0.4, -0.2) is 54.1 Å². The van der Waals surface area contributed by atoms with Crippen molar-refractivity contribution in [3.05, 3.63) is 52.8 Å². The molecule has 2 N–H and O–H groups in total. The molecule has 0 spiro atoms. The Kier molecular flexibility index (Phi) is 5.91. The quantitative estimate of drug-likeness (QED) is 0.799. The van der Waals surface area contributed by atoms with Crippen molar-refractivity contribution < 1.29 is 0 Å². The molecule has 0 saturated carbocycles. The maximum atomic E-state index is 6.61. The highest BCUT2D eigenvalue weighted by Crippen LogP contribution is 2.42. The summed E-state index contributed by atoms with van der Waals surface area (Å²) in [6, 6.07) is 10.3. The summed E-state index contributed by atoms with van der Waals surface area (Å²) in [6.07, 6.45) is 6.49. The molecule has 2 saturated heterocycles. The van der Waals surface area contributed by atoms with E-state index < -0.39 is 0 Å². The molecular formula is C21H28ClN5. The molecule has 0 amide bonds. The van der Waals surface area contributed by atoms with Gasteiger partial charge in [-0.2, -0.15) is 0 Å². The molecule has 2 aliphatic heterocycles. The van der Waals surface area contributed by atoms with Gasteiger partial charge in [-0.3, -0.25) is 0 Å². The second-order valence-electron chi connectivity index (χ2n) is 7.55. The first-order chi connectivity index (χ1) is 13.3. The standard InChI is InChI=1S/C21H28ClN5/c22-18-6-2-1-5-17(18)21(8-11-23-12-9-21)19-7-10-24-20(26-19)25-13-16-27-14-3-4-15-27/h1-2,5-7,10,23H,3-4,8-9,11-16H2,(H,24,25,26). The van der Waals surface area contributed by atoms with E-state index in [4.69, 9.17) is 16.6 Å². The normalized spacial score (nSPS) is 19.9. The highest BCUT2D eigenvalue weighted by molar-refractivity contribution is 6.31. The van der Waals surface area contributed by atoms with Gasteiger partial charge in [0.15, 0.2) is 0 Å². The predicted octanol–water partition coefficient (Wildman–Crippen LogP) is 3.31. The van der Waals surface area contributed by atoms with Gasteiger partial charge in [0.1, 0.15) is 0 Å². The molecule has 2 aliphatic rings. The summed E-state index contributed by atoms with van der Waals surface area (Å²) in [6.45, 7) is 6.29. The van der Waals surface area contributed by atoms with Crippen LogP contribution >= 0.6 is 11.6 Å². The maximum Gasteiger partial charge on any atom is 0.222 e. The van der Waals surface area contributed by atoms with E-state index in [-0.39, 0.29) is 5.41 Å². The van der Waals surface area contributed by atoms with Gasteiger partial charge in [0.05, 0.1) is 5.69 Å². The van der Waals surface area contributed by atoms with Gasteiger partial charge in [0.25, 0.3) is 0 Å². The van der Waals surface area contributed by atoms with Gasteiger partial charge in [0, 0.05) is 29.7 Å². The number of hydrogen-bond acceptors (Lipinski definition) is 5. The molecule has 0 bridgehead atoms. The van der Waals surface area contributed by atoms with Crippen LogP contribution < -0.4 is 10.6 Å².